The molecule has 7 heteroatoms. The minimum Gasteiger partial charge on any atom is -0.481 e. The van der Waals surface area contributed by atoms with Crippen LogP contribution < -0.4 is 4.72 Å². The molecule has 1 fully saturated rings. The first-order chi connectivity index (χ1) is 9.02. The number of carbonyl (C=O) groups is 1. The molecule has 0 amide bonds. The van der Waals surface area contributed by atoms with Gasteiger partial charge < -0.3 is 9.84 Å². The lowest BCUT2D eigenvalue weighted by Crippen LogP contribution is -2.38. The van der Waals surface area contributed by atoms with Gasteiger partial charge >= 0.3 is 5.97 Å². The first-order valence-corrected chi connectivity index (χ1v) is 8.35. The van der Waals surface area contributed by atoms with Gasteiger partial charge in [0.1, 0.15) is 0 Å². The lowest BCUT2D eigenvalue weighted by atomic mass is 10.1. The highest BCUT2D eigenvalue weighted by atomic mass is 32.2. The third-order valence-electron chi connectivity index (χ3n) is 3.23. The summed E-state index contributed by atoms with van der Waals surface area (Å²) >= 11 is 0. The zero-order chi connectivity index (χ0) is 14.1. The van der Waals surface area contributed by atoms with Crippen molar-refractivity contribution in [3.8, 4) is 0 Å². The number of carboxylic acid groups (broad SMARTS) is 1. The van der Waals surface area contributed by atoms with Gasteiger partial charge in [-0.3, -0.25) is 4.79 Å². The van der Waals surface area contributed by atoms with Crippen LogP contribution in [-0.2, 0) is 19.6 Å². The van der Waals surface area contributed by atoms with E-state index in [2.05, 4.69) is 4.72 Å². The smallest absolute Gasteiger partial charge is 0.303 e. The predicted molar refractivity (Wildman–Crippen MR) is 71.5 cm³/mol. The van der Waals surface area contributed by atoms with Crippen molar-refractivity contribution in [3.63, 3.8) is 0 Å². The van der Waals surface area contributed by atoms with E-state index >= 15 is 0 Å². The third-order valence-corrected chi connectivity index (χ3v) is 5.18. The van der Waals surface area contributed by atoms with Crippen LogP contribution in [0.25, 0.3) is 0 Å². The van der Waals surface area contributed by atoms with E-state index < -0.39 is 16.0 Å². The van der Waals surface area contributed by atoms with Gasteiger partial charge in [0.15, 0.2) is 0 Å². The molecule has 112 valence electrons. The second kappa shape index (κ2) is 8.50. The fourth-order valence-corrected chi connectivity index (χ4v) is 3.55. The Morgan fingerprint density at radius 1 is 1.16 bits per heavy atom. The highest BCUT2D eigenvalue weighted by molar-refractivity contribution is 7.90. The van der Waals surface area contributed by atoms with E-state index in [4.69, 9.17) is 9.84 Å². The van der Waals surface area contributed by atoms with Gasteiger partial charge in [-0.1, -0.05) is 12.8 Å². The quantitative estimate of drug-likeness (QED) is 0.621. The van der Waals surface area contributed by atoms with Crippen LogP contribution in [0.1, 0.15) is 44.9 Å². The van der Waals surface area contributed by atoms with Crippen LogP contribution in [0.5, 0.6) is 0 Å². The van der Waals surface area contributed by atoms with Gasteiger partial charge in [-0.25, -0.2) is 13.1 Å². The summed E-state index contributed by atoms with van der Waals surface area (Å²) in [5.41, 5.74) is 0. The highest BCUT2D eigenvalue weighted by Crippen LogP contribution is 2.14. The molecule has 0 aromatic heterocycles. The van der Waals surface area contributed by atoms with Crippen molar-refractivity contribution in [2.24, 2.45) is 0 Å². The Kier molecular flexibility index (Phi) is 7.33. The maximum atomic E-state index is 11.9. The minimum atomic E-state index is -3.21. The van der Waals surface area contributed by atoms with Crippen molar-refractivity contribution in [1.82, 2.24) is 4.72 Å². The van der Waals surface area contributed by atoms with Crippen LogP contribution in [-0.4, -0.2) is 44.5 Å². The van der Waals surface area contributed by atoms with Gasteiger partial charge in [-0.2, -0.15) is 0 Å². The number of nitrogens with one attached hydrogen (secondary N) is 1. The maximum absolute atomic E-state index is 11.9. The molecule has 0 unspecified atom stereocenters. The number of sulfonamides is 1. The van der Waals surface area contributed by atoms with E-state index in [1.54, 1.807) is 0 Å². The van der Waals surface area contributed by atoms with Gasteiger partial charge in [-0.15, -0.1) is 0 Å². The van der Waals surface area contributed by atoms with Crippen molar-refractivity contribution in [1.29, 1.82) is 0 Å². The van der Waals surface area contributed by atoms with Crippen LogP contribution in [0.15, 0.2) is 0 Å². The first-order valence-electron chi connectivity index (χ1n) is 6.80. The number of hydrogen-bond acceptors (Lipinski definition) is 4. The molecule has 0 radical (unpaired) electrons. The lowest BCUT2D eigenvalue weighted by molar-refractivity contribution is -0.137. The Labute approximate surface area is 114 Å². The SMILES string of the molecule is O=C(O)CCCCCCNS(=O)(=O)C1CCOCC1. The van der Waals surface area contributed by atoms with Crippen LogP contribution in [0.4, 0.5) is 0 Å². The number of hydrogen-bond donors (Lipinski definition) is 2. The Bertz CT molecular complexity index is 362. The van der Waals surface area contributed by atoms with Crippen molar-refractivity contribution in [2.45, 2.75) is 50.2 Å². The molecule has 0 aliphatic carbocycles. The predicted octanol–water partition coefficient (Wildman–Crippen LogP) is 1.12. The standard InChI is InChI=1S/C12H23NO5S/c14-12(15)5-3-1-2-4-8-13-19(16,17)11-6-9-18-10-7-11/h11,13H,1-10H2,(H,14,15). The third kappa shape index (κ3) is 6.89. The molecule has 0 atom stereocenters. The lowest BCUT2D eigenvalue weighted by Gasteiger charge is -2.22. The molecule has 0 aromatic rings. The number of unbranched alkanes of at least 4 members (excludes halogenated alkanes) is 3. The molecule has 6 nitrogen and oxygen atoms in total. The van der Waals surface area contributed by atoms with E-state index in [0.29, 0.717) is 39.0 Å². The Hall–Kier alpha value is -0.660. The molecule has 0 saturated carbocycles. The number of ether oxygens (including phenoxy) is 1. The summed E-state index contributed by atoms with van der Waals surface area (Å²) in [7, 11) is -3.21. The normalized spacial score (nSPS) is 17.5. The fourth-order valence-electron chi connectivity index (χ4n) is 2.07. The van der Waals surface area contributed by atoms with Crippen molar-refractivity contribution in [2.75, 3.05) is 19.8 Å². The molecule has 1 saturated heterocycles. The molecular formula is C12H23NO5S. The summed E-state index contributed by atoms with van der Waals surface area (Å²) in [4.78, 5) is 10.3. The molecule has 0 aromatic carbocycles. The van der Waals surface area contributed by atoms with Crippen LogP contribution >= 0.6 is 0 Å². The number of rotatable bonds is 9. The average molecular weight is 293 g/mol. The topological polar surface area (TPSA) is 92.7 Å². The van der Waals surface area contributed by atoms with Gasteiger partial charge in [0, 0.05) is 26.2 Å². The van der Waals surface area contributed by atoms with E-state index in [0.717, 1.165) is 19.3 Å². The molecular weight excluding hydrogens is 270 g/mol. The maximum Gasteiger partial charge on any atom is 0.303 e. The monoisotopic (exact) mass is 293 g/mol. The average Bonchev–Trinajstić information content (AvgIpc) is 2.38. The van der Waals surface area contributed by atoms with Gasteiger partial charge in [0.25, 0.3) is 0 Å². The summed E-state index contributed by atoms with van der Waals surface area (Å²) in [5, 5.41) is 8.14. The molecule has 0 bridgehead atoms. The number of carboxylic acids is 1. The van der Waals surface area contributed by atoms with Crippen LogP contribution in [0.3, 0.4) is 0 Å². The van der Waals surface area contributed by atoms with E-state index in [1.165, 1.54) is 0 Å². The Morgan fingerprint density at radius 2 is 1.79 bits per heavy atom. The minimum absolute atomic E-state index is 0.188. The van der Waals surface area contributed by atoms with Gasteiger partial charge in [-0.05, 0) is 25.7 Å². The molecule has 1 rings (SSSR count). The molecule has 2 N–H and O–H groups in total. The van der Waals surface area contributed by atoms with Gasteiger partial charge in [0.05, 0.1) is 5.25 Å². The second-order valence-corrected chi connectivity index (χ2v) is 6.85. The summed E-state index contributed by atoms with van der Waals surface area (Å²) in [6, 6.07) is 0. The van der Waals surface area contributed by atoms with Gasteiger partial charge in [0.2, 0.25) is 10.0 Å². The van der Waals surface area contributed by atoms with E-state index in [9.17, 15) is 13.2 Å². The van der Waals surface area contributed by atoms with E-state index in [1.807, 2.05) is 0 Å². The second-order valence-electron chi connectivity index (χ2n) is 4.81. The number of aliphatic carboxylic acids is 1. The molecule has 1 aliphatic rings. The van der Waals surface area contributed by atoms with Crippen molar-refractivity contribution >= 4 is 16.0 Å². The van der Waals surface area contributed by atoms with Crippen LogP contribution in [0.2, 0.25) is 0 Å². The zero-order valence-electron chi connectivity index (χ0n) is 11.1. The van der Waals surface area contributed by atoms with Crippen LogP contribution in [0, 0.1) is 0 Å². The van der Waals surface area contributed by atoms with E-state index in [-0.39, 0.29) is 11.7 Å². The summed E-state index contributed by atoms with van der Waals surface area (Å²) in [6.07, 6.45) is 4.40. The van der Waals surface area contributed by atoms with Crippen molar-refractivity contribution < 1.29 is 23.1 Å². The van der Waals surface area contributed by atoms with Crippen molar-refractivity contribution in [3.05, 3.63) is 0 Å². The summed E-state index contributed by atoms with van der Waals surface area (Å²) in [6.45, 7) is 1.47. The first kappa shape index (κ1) is 16.4. The molecule has 1 aliphatic heterocycles. The molecule has 19 heavy (non-hydrogen) atoms. The Balaban J connectivity index is 2.09. The molecule has 0 spiro atoms. The largest absolute Gasteiger partial charge is 0.481 e. The summed E-state index contributed by atoms with van der Waals surface area (Å²) < 4.78 is 31.6. The molecule has 1 heterocycles. The fraction of sp³-hybridized carbons (Fsp3) is 0.917. The Morgan fingerprint density at radius 3 is 2.42 bits per heavy atom. The summed E-state index contributed by atoms with van der Waals surface area (Å²) in [5.74, 6) is -0.778. The highest BCUT2D eigenvalue weighted by Gasteiger charge is 2.26. The zero-order valence-corrected chi connectivity index (χ0v) is 12.0.